The fraction of sp³-hybridized carbons (Fsp3) is 0.0833. The first-order valence-electron chi connectivity index (χ1n) is 5.51. The van der Waals surface area contributed by atoms with E-state index in [4.69, 9.17) is 11.6 Å². The molecule has 0 unspecified atom stereocenters. The standard InChI is InChI=1S/C12H9BrClN3O3/c13-9-5-15-12(20)17(11(9)19)6-10(18)16-8-3-1-2-7(14)4-8/h1-5H,6H2,(H,15,20)(H,16,18). The number of nitrogens with zero attached hydrogens (tertiary/aromatic N) is 1. The Balaban J connectivity index is 2.19. The molecule has 0 saturated heterocycles. The predicted molar refractivity (Wildman–Crippen MR) is 79.1 cm³/mol. The number of amides is 1. The molecule has 0 fully saturated rings. The molecule has 104 valence electrons. The fourth-order valence-electron chi connectivity index (χ4n) is 1.54. The molecule has 2 N–H and O–H groups in total. The first-order chi connectivity index (χ1) is 9.47. The molecule has 0 aliphatic heterocycles. The summed E-state index contributed by atoms with van der Waals surface area (Å²) >= 11 is 8.79. The molecule has 0 radical (unpaired) electrons. The minimum Gasteiger partial charge on any atom is -0.324 e. The molecule has 6 nitrogen and oxygen atoms in total. The molecular weight excluding hydrogens is 350 g/mol. The van der Waals surface area contributed by atoms with Crippen LogP contribution in [0.2, 0.25) is 5.02 Å². The number of carbonyl (C=O) groups excluding carboxylic acids is 1. The van der Waals surface area contributed by atoms with Gasteiger partial charge in [0.15, 0.2) is 0 Å². The summed E-state index contributed by atoms with van der Waals surface area (Å²) in [7, 11) is 0. The Labute approximate surface area is 126 Å². The van der Waals surface area contributed by atoms with Gasteiger partial charge in [-0.25, -0.2) is 9.36 Å². The monoisotopic (exact) mass is 357 g/mol. The highest BCUT2D eigenvalue weighted by Gasteiger charge is 2.10. The normalized spacial score (nSPS) is 10.3. The molecular formula is C12H9BrClN3O3. The number of H-pyrrole nitrogens is 1. The summed E-state index contributed by atoms with van der Waals surface area (Å²) in [5.41, 5.74) is -0.739. The molecule has 0 aliphatic carbocycles. The van der Waals surface area contributed by atoms with Crippen molar-refractivity contribution in [2.45, 2.75) is 6.54 Å². The Morgan fingerprint density at radius 3 is 2.85 bits per heavy atom. The van der Waals surface area contributed by atoms with Crippen molar-refractivity contribution >= 4 is 39.1 Å². The number of aromatic amines is 1. The van der Waals surface area contributed by atoms with Gasteiger partial charge in [-0.3, -0.25) is 9.59 Å². The topological polar surface area (TPSA) is 84.0 Å². The summed E-state index contributed by atoms with van der Waals surface area (Å²) in [5.74, 6) is -0.502. The van der Waals surface area contributed by atoms with Crippen molar-refractivity contribution in [2.24, 2.45) is 0 Å². The molecule has 0 saturated carbocycles. The maximum Gasteiger partial charge on any atom is 0.328 e. The second-order valence-electron chi connectivity index (χ2n) is 3.89. The maximum atomic E-state index is 11.8. The molecule has 1 amide bonds. The molecule has 1 aromatic heterocycles. The third-order valence-electron chi connectivity index (χ3n) is 2.43. The Kier molecular flexibility index (Phi) is 4.41. The van der Waals surface area contributed by atoms with Crippen molar-refractivity contribution in [3.05, 3.63) is 60.8 Å². The molecule has 0 aliphatic rings. The van der Waals surface area contributed by atoms with Crippen LogP contribution in [0.5, 0.6) is 0 Å². The Morgan fingerprint density at radius 1 is 1.40 bits per heavy atom. The second kappa shape index (κ2) is 6.06. The van der Waals surface area contributed by atoms with Gasteiger partial charge < -0.3 is 10.3 Å². The number of aromatic nitrogens is 2. The summed E-state index contributed by atoms with van der Waals surface area (Å²) in [5, 5.41) is 3.03. The van der Waals surface area contributed by atoms with Crippen LogP contribution in [-0.2, 0) is 11.3 Å². The summed E-state index contributed by atoms with van der Waals surface area (Å²) in [4.78, 5) is 37.4. The SMILES string of the molecule is O=C(Cn1c(=O)[nH]cc(Br)c1=O)Nc1cccc(Cl)c1. The van der Waals surface area contributed by atoms with Crippen molar-refractivity contribution in [3.63, 3.8) is 0 Å². The molecule has 0 bridgehead atoms. The van der Waals surface area contributed by atoms with Crippen molar-refractivity contribution in [3.8, 4) is 0 Å². The predicted octanol–water partition coefficient (Wildman–Crippen LogP) is 1.59. The van der Waals surface area contributed by atoms with E-state index in [2.05, 4.69) is 26.2 Å². The van der Waals surface area contributed by atoms with Crippen LogP contribution in [0.3, 0.4) is 0 Å². The first-order valence-corrected chi connectivity index (χ1v) is 6.68. The van der Waals surface area contributed by atoms with E-state index in [1.807, 2.05) is 0 Å². The van der Waals surface area contributed by atoms with Crippen LogP contribution in [0.1, 0.15) is 0 Å². The van der Waals surface area contributed by atoms with Gasteiger partial charge in [-0.05, 0) is 34.1 Å². The van der Waals surface area contributed by atoms with E-state index >= 15 is 0 Å². The maximum absolute atomic E-state index is 11.8. The van der Waals surface area contributed by atoms with Gasteiger partial charge in [-0.2, -0.15) is 0 Å². The lowest BCUT2D eigenvalue weighted by Crippen LogP contribution is -2.38. The molecule has 2 aromatic rings. The van der Waals surface area contributed by atoms with E-state index in [1.54, 1.807) is 24.3 Å². The lowest BCUT2D eigenvalue weighted by Gasteiger charge is -2.07. The van der Waals surface area contributed by atoms with Gasteiger partial charge in [0, 0.05) is 16.9 Å². The average Bonchev–Trinajstić information content (AvgIpc) is 2.39. The van der Waals surface area contributed by atoms with Crippen molar-refractivity contribution in [1.82, 2.24) is 9.55 Å². The van der Waals surface area contributed by atoms with Crippen molar-refractivity contribution in [1.29, 1.82) is 0 Å². The van der Waals surface area contributed by atoms with E-state index in [0.29, 0.717) is 10.7 Å². The molecule has 1 heterocycles. The molecule has 8 heteroatoms. The Hall–Kier alpha value is -1.86. The van der Waals surface area contributed by atoms with Crippen LogP contribution in [0.25, 0.3) is 0 Å². The van der Waals surface area contributed by atoms with Gasteiger partial charge in [0.2, 0.25) is 5.91 Å². The van der Waals surface area contributed by atoms with E-state index in [9.17, 15) is 14.4 Å². The van der Waals surface area contributed by atoms with Crippen LogP contribution in [-0.4, -0.2) is 15.5 Å². The molecule has 20 heavy (non-hydrogen) atoms. The molecule has 2 rings (SSSR count). The number of hydrogen-bond donors (Lipinski definition) is 2. The van der Waals surface area contributed by atoms with Crippen molar-refractivity contribution in [2.75, 3.05) is 5.32 Å². The molecule has 1 aromatic carbocycles. The van der Waals surface area contributed by atoms with E-state index in [0.717, 1.165) is 4.57 Å². The zero-order chi connectivity index (χ0) is 14.7. The molecule has 0 atom stereocenters. The van der Waals surface area contributed by atoms with Gasteiger partial charge in [0.05, 0.1) is 4.47 Å². The Morgan fingerprint density at radius 2 is 2.15 bits per heavy atom. The highest BCUT2D eigenvalue weighted by Crippen LogP contribution is 2.14. The number of rotatable bonds is 3. The highest BCUT2D eigenvalue weighted by molar-refractivity contribution is 9.10. The van der Waals surface area contributed by atoms with Gasteiger partial charge >= 0.3 is 5.69 Å². The largest absolute Gasteiger partial charge is 0.328 e. The summed E-state index contributed by atoms with van der Waals surface area (Å²) in [6.07, 6.45) is 1.23. The zero-order valence-electron chi connectivity index (χ0n) is 10.0. The number of hydrogen-bond acceptors (Lipinski definition) is 3. The number of nitrogens with one attached hydrogen (secondary N) is 2. The van der Waals surface area contributed by atoms with E-state index in [1.165, 1.54) is 6.20 Å². The van der Waals surface area contributed by atoms with Crippen LogP contribution in [0.15, 0.2) is 44.5 Å². The smallest absolute Gasteiger partial charge is 0.324 e. The van der Waals surface area contributed by atoms with Gasteiger partial charge in [-0.15, -0.1) is 0 Å². The lowest BCUT2D eigenvalue weighted by molar-refractivity contribution is -0.116. The minimum absolute atomic E-state index is 0.174. The summed E-state index contributed by atoms with van der Waals surface area (Å²) in [6, 6.07) is 6.56. The third kappa shape index (κ3) is 3.37. The number of anilines is 1. The van der Waals surface area contributed by atoms with E-state index < -0.39 is 17.2 Å². The fourth-order valence-corrected chi connectivity index (χ4v) is 2.06. The van der Waals surface area contributed by atoms with E-state index in [-0.39, 0.29) is 11.0 Å². The number of benzene rings is 1. The van der Waals surface area contributed by atoms with Gasteiger partial charge in [0.25, 0.3) is 5.56 Å². The quantitative estimate of drug-likeness (QED) is 0.874. The van der Waals surface area contributed by atoms with Crippen LogP contribution in [0.4, 0.5) is 5.69 Å². The summed E-state index contributed by atoms with van der Waals surface area (Å²) < 4.78 is 0.969. The number of halogens is 2. The van der Waals surface area contributed by atoms with Gasteiger partial charge in [-0.1, -0.05) is 17.7 Å². The third-order valence-corrected chi connectivity index (χ3v) is 3.23. The van der Waals surface area contributed by atoms with Crippen LogP contribution >= 0.6 is 27.5 Å². The summed E-state index contributed by atoms with van der Waals surface area (Å²) in [6.45, 7) is -0.389. The minimum atomic E-state index is -0.653. The zero-order valence-corrected chi connectivity index (χ0v) is 12.4. The van der Waals surface area contributed by atoms with Crippen molar-refractivity contribution < 1.29 is 4.79 Å². The molecule has 0 spiro atoms. The Bertz CT molecular complexity index is 769. The lowest BCUT2D eigenvalue weighted by atomic mass is 10.3. The number of carbonyl (C=O) groups is 1. The first kappa shape index (κ1) is 14.5. The van der Waals surface area contributed by atoms with Crippen LogP contribution < -0.4 is 16.6 Å². The second-order valence-corrected chi connectivity index (χ2v) is 5.18. The highest BCUT2D eigenvalue weighted by atomic mass is 79.9. The van der Waals surface area contributed by atoms with Crippen LogP contribution in [0, 0.1) is 0 Å². The average molecular weight is 359 g/mol. The van der Waals surface area contributed by atoms with Gasteiger partial charge in [0.1, 0.15) is 6.54 Å².